The Hall–Kier alpha value is -1.68. The first-order valence-corrected chi connectivity index (χ1v) is 5.36. The summed E-state index contributed by atoms with van der Waals surface area (Å²) in [7, 11) is 0. The summed E-state index contributed by atoms with van der Waals surface area (Å²) >= 11 is 0. The van der Waals surface area contributed by atoms with Crippen LogP contribution in [0.5, 0.6) is 0 Å². The van der Waals surface area contributed by atoms with Gasteiger partial charge in [-0.1, -0.05) is 30.4 Å². The van der Waals surface area contributed by atoms with E-state index >= 15 is 0 Å². The summed E-state index contributed by atoms with van der Waals surface area (Å²) in [6.07, 6.45) is 11.8. The Morgan fingerprint density at radius 3 is 2.88 bits per heavy atom. The van der Waals surface area contributed by atoms with Crippen LogP contribution < -0.4 is 5.32 Å². The fourth-order valence-corrected chi connectivity index (χ4v) is 2.69. The Balaban J connectivity index is 1.96. The Morgan fingerprint density at radius 1 is 1.25 bits per heavy atom. The van der Waals surface area contributed by atoms with E-state index in [1.54, 1.807) is 6.20 Å². The predicted octanol–water partition coefficient (Wildman–Crippen LogP) is 0.738. The van der Waals surface area contributed by atoms with Gasteiger partial charge in [0.2, 0.25) is 0 Å². The van der Waals surface area contributed by atoms with Gasteiger partial charge < -0.3 is 10.4 Å². The largest absolute Gasteiger partial charge is 0.477 e. The van der Waals surface area contributed by atoms with E-state index in [0.717, 1.165) is 0 Å². The van der Waals surface area contributed by atoms with Crippen LogP contribution >= 0.6 is 0 Å². The number of carboxylic acids is 1. The molecule has 0 aromatic rings. The summed E-state index contributed by atoms with van der Waals surface area (Å²) in [5, 5.41) is 12.4. The number of hydrogen-bond acceptors (Lipinski definition) is 3. The minimum atomic E-state index is -0.932. The van der Waals surface area contributed by atoms with Gasteiger partial charge in [0.25, 0.3) is 0 Å². The van der Waals surface area contributed by atoms with Gasteiger partial charge in [0, 0.05) is 24.1 Å². The van der Waals surface area contributed by atoms with Crippen molar-refractivity contribution in [1.82, 2.24) is 5.32 Å². The fraction of sp³-hybridized carbons (Fsp3) is 0.333. The van der Waals surface area contributed by atoms with Gasteiger partial charge >= 0.3 is 5.97 Å². The molecule has 0 spiro atoms. The first-order valence-electron chi connectivity index (χ1n) is 5.36. The minimum absolute atomic E-state index is 0.162. The molecule has 4 unspecified atom stereocenters. The molecule has 16 heavy (non-hydrogen) atoms. The summed E-state index contributed by atoms with van der Waals surface area (Å²) in [6, 6.07) is 0.0669. The van der Waals surface area contributed by atoms with Crippen LogP contribution in [-0.4, -0.2) is 28.9 Å². The third-order valence-corrected chi connectivity index (χ3v) is 3.41. The number of allylic oxidation sites excluding steroid dienone is 2. The van der Waals surface area contributed by atoms with Crippen molar-refractivity contribution < 1.29 is 9.90 Å². The molecular weight excluding hydrogens is 204 g/mol. The van der Waals surface area contributed by atoms with E-state index in [1.807, 2.05) is 18.2 Å². The van der Waals surface area contributed by atoms with Gasteiger partial charge in [0.05, 0.1) is 6.04 Å². The van der Waals surface area contributed by atoms with Gasteiger partial charge in [-0.2, -0.15) is 0 Å². The lowest BCUT2D eigenvalue weighted by Gasteiger charge is -2.21. The number of carbonyl (C=O) groups is 1. The number of aliphatic carboxylic acids is 1. The van der Waals surface area contributed by atoms with Gasteiger partial charge in [-0.15, -0.1) is 0 Å². The molecule has 4 atom stereocenters. The lowest BCUT2D eigenvalue weighted by Crippen LogP contribution is -2.42. The van der Waals surface area contributed by atoms with Crippen molar-refractivity contribution in [3.8, 4) is 0 Å². The first kappa shape index (κ1) is 9.54. The van der Waals surface area contributed by atoms with Crippen LogP contribution in [0.3, 0.4) is 0 Å². The van der Waals surface area contributed by atoms with Crippen LogP contribution in [0, 0.1) is 11.8 Å². The molecule has 0 saturated carbocycles. The van der Waals surface area contributed by atoms with Crippen LogP contribution in [0.25, 0.3) is 0 Å². The third-order valence-electron chi connectivity index (χ3n) is 3.41. The quantitative estimate of drug-likeness (QED) is 0.679. The Kier molecular flexibility index (Phi) is 2.04. The molecule has 0 aromatic heterocycles. The minimum Gasteiger partial charge on any atom is -0.477 e. The van der Waals surface area contributed by atoms with E-state index < -0.39 is 5.97 Å². The molecule has 1 fully saturated rings. The molecule has 3 rings (SSSR count). The van der Waals surface area contributed by atoms with E-state index in [9.17, 15) is 4.79 Å². The maximum absolute atomic E-state index is 11.1. The molecule has 3 aliphatic rings. The second kappa shape index (κ2) is 3.42. The van der Waals surface area contributed by atoms with E-state index in [4.69, 9.17) is 5.11 Å². The molecular formula is C12H12N2O2. The molecule has 4 nitrogen and oxygen atoms in total. The zero-order chi connectivity index (χ0) is 11.1. The molecule has 4 heteroatoms. The average molecular weight is 216 g/mol. The van der Waals surface area contributed by atoms with Crippen LogP contribution in [-0.2, 0) is 4.79 Å². The number of hydrogen-bond donors (Lipinski definition) is 2. The smallest absolute Gasteiger partial charge is 0.351 e. The highest BCUT2D eigenvalue weighted by Crippen LogP contribution is 2.34. The van der Waals surface area contributed by atoms with Crippen molar-refractivity contribution in [3.05, 3.63) is 36.6 Å². The maximum Gasteiger partial charge on any atom is 0.351 e. The van der Waals surface area contributed by atoms with Gasteiger partial charge in [-0.3, -0.25) is 4.99 Å². The molecule has 0 radical (unpaired) electrons. The Labute approximate surface area is 93.1 Å². The highest BCUT2D eigenvalue weighted by atomic mass is 16.4. The standard InChI is InChI=1S/C12H12N2O2/c15-12(16)11-10-8(5-6-13-11)7-3-1-2-4-9(7)14-10/h1-10,14H,(H,15,16). The van der Waals surface area contributed by atoms with Crippen molar-refractivity contribution in [3.63, 3.8) is 0 Å². The summed E-state index contributed by atoms with van der Waals surface area (Å²) < 4.78 is 0. The first-order chi connectivity index (χ1) is 7.77. The topological polar surface area (TPSA) is 61.7 Å². The van der Waals surface area contributed by atoms with Crippen molar-refractivity contribution in [2.45, 2.75) is 12.1 Å². The number of rotatable bonds is 1. The molecule has 0 amide bonds. The molecule has 2 aliphatic heterocycles. The number of nitrogens with zero attached hydrogens (tertiary/aromatic N) is 1. The summed E-state index contributed by atoms with van der Waals surface area (Å²) in [5.74, 6) is -0.385. The monoisotopic (exact) mass is 216 g/mol. The van der Waals surface area contributed by atoms with E-state index in [0.29, 0.717) is 5.92 Å². The average Bonchev–Trinajstić information content (AvgIpc) is 2.67. The number of nitrogens with one attached hydrogen (secondary N) is 1. The van der Waals surface area contributed by atoms with Gasteiger partial charge in [-0.05, 0) is 0 Å². The van der Waals surface area contributed by atoms with E-state index in [2.05, 4.69) is 22.5 Å². The second-order valence-corrected chi connectivity index (χ2v) is 4.26. The summed E-state index contributed by atoms with van der Waals surface area (Å²) in [5.41, 5.74) is 0.226. The molecule has 0 bridgehead atoms. The van der Waals surface area contributed by atoms with Crippen LogP contribution in [0.1, 0.15) is 0 Å². The summed E-state index contributed by atoms with van der Waals surface area (Å²) in [6.45, 7) is 0. The third kappa shape index (κ3) is 1.27. The van der Waals surface area contributed by atoms with Gasteiger partial charge in [-0.25, -0.2) is 4.79 Å². The zero-order valence-electron chi connectivity index (χ0n) is 8.58. The van der Waals surface area contributed by atoms with E-state index in [1.165, 1.54) is 0 Å². The van der Waals surface area contributed by atoms with Crippen LogP contribution in [0.15, 0.2) is 41.6 Å². The predicted molar refractivity (Wildman–Crippen MR) is 60.2 cm³/mol. The van der Waals surface area contributed by atoms with Crippen molar-refractivity contribution in [2.24, 2.45) is 16.8 Å². The van der Waals surface area contributed by atoms with Crippen molar-refractivity contribution in [2.75, 3.05) is 0 Å². The lowest BCUT2D eigenvalue weighted by molar-refractivity contribution is -0.129. The van der Waals surface area contributed by atoms with Crippen LogP contribution in [0.2, 0.25) is 0 Å². The maximum atomic E-state index is 11.1. The Bertz CT molecular complexity index is 448. The zero-order valence-corrected chi connectivity index (χ0v) is 8.58. The van der Waals surface area contributed by atoms with E-state index in [-0.39, 0.29) is 23.7 Å². The second-order valence-electron chi connectivity index (χ2n) is 4.26. The van der Waals surface area contributed by atoms with Crippen molar-refractivity contribution in [1.29, 1.82) is 0 Å². The fourth-order valence-electron chi connectivity index (χ4n) is 2.69. The van der Waals surface area contributed by atoms with Crippen molar-refractivity contribution >= 4 is 11.7 Å². The normalized spacial score (nSPS) is 39.1. The van der Waals surface area contributed by atoms with Gasteiger partial charge in [0.15, 0.2) is 0 Å². The molecule has 82 valence electrons. The molecule has 1 saturated heterocycles. The Morgan fingerprint density at radius 2 is 2.06 bits per heavy atom. The van der Waals surface area contributed by atoms with Crippen LogP contribution in [0.4, 0.5) is 0 Å². The highest BCUT2D eigenvalue weighted by Gasteiger charge is 2.44. The summed E-state index contributed by atoms with van der Waals surface area (Å²) in [4.78, 5) is 15.0. The number of aliphatic imine (C=N–C) groups is 1. The molecule has 2 heterocycles. The molecule has 1 aliphatic carbocycles. The number of carboxylic acid groups (broad SMARTS) is 1. The highest BCUT2D eigenvalue weighted by molar-refractivity contribution is 6.38. The molecule has 2 N–H and O–H groups in total. The molecule has 0 aromatic carbocycles. The van der Waals surface area contributed by atoms with Gasteiger partial charge in [0.1, 0.15) is 5.71 Å². The lowest BCUT2D eigenvalue weighted by atomic mass is 9.82. The SMILES string of the molecule is O=C(O)C1=NC=CC2C1NC1C=CC=CC12. The number of fused-ring (bicyclic) bond motifs is 3.